The minimum absolute atomic E-state index is 0.325. The summed E-state index contributed by atoms with van der Waals surface area (Å²) in [7, 11) is 0. The molecule has 6 heteroatoms. The first kappa shape index (κ1) is 10.8. The molecule has 0 amide bonds. The molecule has 1 aromatic carbocycles. The standard InChI is InChI=1S/C9H5FN2O3/c1-5(13)9-6(4-11)2-7(10)3-8(9)12(14)15/h2-3H,1H3. The van der Waals surface area contributed by atoms with E-state index in [0.717, 1.165) is 13.0 Å². The van der Waals surface area contributed by atoms with E-state index in [1.54, 1.807) is 6.07 Å². The second kappa shape index (κ2) is 3.84. The Labute approximate surface area is 83.9 Å². The average Bonchev–Trinajstić information content (AvgIpc) is 2.15. The smallest absolute Gasteiger partial charge is 0.284 e. The van der Waals surface area contributed by atoms with Gasteiger partial charge in [-0.05, 0) is 13.0 Å². The van der Waals surface area contributed by atoms with E-state index in [2.05, 4.69) is 0 Å². The number of hydrogen-bond acceptors (Lipinski definition) is 4. The quantitative estimate of drug-likeness (QED) is 0.421. The monoisotopic (exact) mass is 208 g/mol. The van der Waals surface area contributed by atoms with E-state index >= 15 is 0 Å². The molecule has 0 N–H and O–H groups in total. The molecule has 0 atom stereocenters. The summed E-state index contributed by atoms with van der Waals surface area (Å²) in [6, 6.07) is 2.97. The Hall–Kier alpha value is -2.29. The molecule has 0 unspecified atom stereocenters. The maximum absolute atomic E-state index is 12.9. The van der Waals surface area contributed by atoms with Crippen LogP contribution in [-0.2, 0) is 0 Å². The second-order valence-electron chi connectivity index (χ2n) is 2.77. The van der Waals surface area contributed by atoms with Crippen LogP contribution in [0.4, 0.5) is 10.1 Å². The minimum atomic E-state index is -0.914. The van der Waals surface area contributed by atoms with Gasteiger partial charge in [0, 0.05) is 0 Å². The Morgan fingerprint density at radius 2 is 2.20 bits per heavy atom. The number of rotatable bonds is 2. The Morgan fingerprint density at radius 3 is 2.60 bits per heavy atom. The predicted molar refractivity (Wildman–Crippen MR) is 47.8 cm³/mol. The van der Waals surface area contributed by atoms with Gasteiger partial charge in [0.2, 0.25) is 0 Å². The van der Waals surface area contributed by atoms with Gasteiger partial charge in [-0.25, -0.2) is 4.39 Å². The van der Waals surface area contributed by atoms with Gasteiger partial charge in [-0.15, -0.1) is 0 Å². The fourth-order valence-corrected chi connectivity index (χ4v) is 1.19. The lowest BCUT2D eigenvalue weighted by Crippen LogP contribution is -2.04. The molecule has 0 fully saturated rings. The van der Waals surface area contributed by atoms with Crippen LogP contribution in [0.3, 0.4) is 0 Å². The molecule has 1 aromatic rings. The van der Waals surface area contributed by atoms with Crippen molar-refractivity contribution in [3.63, 3.8) is 0 Å². The second-order valence-corrected chi connectivity index (χ2v) is 2.77. The van der Waals surface area contributed by atoms with Crippen LogP contribution in [0.25, 0.3) is 0 Å². The number of hydrogen-bond donors (Lipinski definition) is 0. The van der Waals surface area contributed by atoms with Crippen molar-refractivity contribution in [2.45, 2.75) is 6.92 Å². The van der Waals surface area contributed by atoms with Crippen LogP contribution in [0.15, 0.2) is 12.1 Å². The number of nitro benzene ring substituents is 1. The molecule has 0 aliphatic heterocycles. The zero-order chi connectivity index (χ0) is 11.6. The topological polar surface area (TPSA) is 84.0 Å². The summed E-state index contributed by atoms with van der Waals surface area (Å²) in [6.07, 6.45) is 0. The van der Waals surface area contributed by atoms with Crippen molar-refractivity contribution in [2.75, 3.05) is 0 Å². The first-order valence-electron chi connectivity index (χ1n) is 3.86. The van der Waals surface area contributed by atoms with Gasteiger partial charge in [0.25, 0.3) is 5.69 Å². The van der Waals surface area contributed by atoms with Gasteiger partial charge in [-0.3, -0.25) is 14.9 Å². The highest BCUT2D eigenvalue weighted by molar-refractivity contribution is 6.00. The van der Waals surface area contributed by atoms with Gasteiger partial charge >= 0.3 is 0 Å². The number of benzene rings is 1. The molecule has 0 saturated carbocycles. The lowest BCUT2D eigenvalue weighted by atomic mass is 10.0. The Kier molecular flexibility index (Phi) is 2.76. The zero-order valence-electron chi connectivity index (χ0n) is 7.65. The number of halogens is 1. The molecule has 0 saturated heterocycles. The largest absolute Gasteiger partial charge is 0.294 e. The minimum Gasteiger partial charge on any atom is -0.294 e. The van der Waals surface area contributed by atoms with Crippen LogP contribution >= 0.6 is 0 Å². The van der Waals surface area contributed by atoms with Crippen molar-refractivity contribution < 1.29 is 14.1 Å². The maximum atomic E-state index is 12.9. The highest BCUT2D eigenvalue weighted by Crippen LogP contribution is 2.24. The molecule has 0 aromatic heterocycles. The first-order chi connectivity index (χ1) is 6.97. The van der Waals surface area contributed by atoms with Crippen LogP contribution in [0.5, 0.6) is 0 Å². The fraction of sp³-hybridized carbons (Fsp3) is 0.111. The molecule has 76 valence electrons. The van der Waals surface area contributed by atoms with Crippen molar-refractivity contribution in [1.29, 1.82) is 5.26 Å². The molecule has 5 nitrogen and oxygen atoms in total. The third-order valence-corrected chi connectivity index (χ3v) is 1.75. The maximum Gasteiger partial charge on any atom is 0.284 e. The van der Waals surface area contributed by atoms with E-state index < -0.39 is 22.2 Å². The van der Waals surface area contributed by atoms with E-state index in [1.165, 1.54) is 0 Å². The van der Waals surface area contributed by atoms with Crippen molar-refractivity contribution in [3.05, 3.63) is 39.2 Å². The number of nitro groups is 1. The summed E-state index contributed by atoms with van der Waals surface area (Å²) in [5.41, 5.74) is -1.36. The molecule has 0 heterocycles. The van der Waals surface area contributed by atoms with E-state index in [9.17, 15) is 19.3 Å². The molecule has 1 rings (SSSR count). The lowest BCUT2D eigenvalue weighted by molar-refractivity contribution is -0.385. The lowest BCUT2D eigenvalue weighted by Gasteiger charge is -2.01. The number of Topliss-reactive ketones (excluding diaryl/α,β-unsaturated/α-hetero) is 1. The summed E-state index contributed by atoms with van der Waals surface area (Å²) >= 11 is 0. The van der Waals surface area contributed by atoms with Crippen LogP contribution < -0.4 is 0 Å². The van der Waals surface area contributed by atoms with Crippen LogP contribution in [0.1, 0.15) is 22.8 Å². The van der Waals surface area contributed by atoms with Gasteiger partial charge in [0.05, 0.1) is 16.6 Å². The molecule has 15 heavy (non-hydrogen) atoms. The van der Waals surface area contributed by atoms with Crippen molar-refractivity contribution in [1.82, 2.24) is 0 Å². The number of carbonyl (C=O) groups excluding carboxylic acids is 1. The Bertz CT molecular complexity index is 491. The Morgan fingerprint density at radius 1 is 1.60 bits per heavy atom. The van der Waals surface area contributed by atoms with Gasteiger partial charge < -0.3 is 0 Å². The van der Waals surface area contributed by atoms with Crippen LogP contribution in [-0.4, -0.2) is 10.7 Å². The van der Waals surface area contributed by atoms with E-state index in [0.29, 0.717) is 6.07 Å². The predicted octanol–water partition coefficient (Wildman–Crippen LogP) is 1.81. The molecule has 0 bridgehead atoms. The summed E-state index contributed by atoms with van der Waals surface area (Å²) in [4.78, 5) is 20.7. The molecule has 0 radical (unpaired) electrons. The third-order valence-electron chi connectivity index (χ3n) is 1.75. The zero-order valence-corrected chi connectivity index (χ0v) is 7.65. The molecule has 0 aliphatic rings. The third kappa shape index (κ3) is 1.96. The molecular weight excluding hydrogens is 203 g/mol. The molecule has 0 spiro atoms. The number of nitriles is 1. The highest BCUT2D eigenvalue weighted by atomic mass is 19.1. The number of ketones is 1. The first-order valence-corrected chi connectivity index (χ1v) is 3.86. The van der Waals surface area contributed by atoms with Crippen molar-refractivity contribution >= 4 is 11.5 Å². The van der Waals surface area contributed by atoms with E-state index in [4.69, 9.17) is 5.26 Å². The van der Waals surface area contributed by atoms with Crippen LogP contribution in [0, 0.1) is 27.3 Å². The summed E-state index contributed by atoms with van der Waals surface area (Å²) in [6.45, 7) is 1.08. The Balaban J connectivity index is 3.64. The normalized spacial score (nSPS) is 9.40. The summed E-state index contributed by atoms with van der Waals surface area (Å²) in [5, 5.41) is 19.1. The summed E-state index contributed by atoms with van der Waals surface area (Å²) < 4.78 is 12.9. The fourth-order valence-electron chi connectivity index (χ4n) is 1.19. The van der Waals surface area contributed by atoms with Crippen molar-refractivity contribution in [3.8, 4) is 6.07 Å². The van der Waals surface area contributed by atoms with Gasteiger partial charge in [0.15, 0.2) is 5.78 Å². The van der Waals surface area contributed by atoms with Gasteiger partial charge in [0.1, 0.15) is 17.4 Å². The average molecular weight is 208 g/mol. The number of nitrogens with zero attached hydrogens (tertiary/aromatic N) is 2. The molecule has 0 aliphatic carbocycles. The van der Waals surface area contributed by atoms with Crippen LogP contribution in [0.2, 0.25) is 0 Å². The number of carbonyl (C=O) groups is 1. The van der Waals surface area contributed by atoms with Gasteiger partial charge in [-0.1, -0.05) is 0 Å². The van der Waals surface area contributed by atoms with Gasteiger partial charge in [-0.2, -0.15) is 5.26 Å². The SMILES string of the molecule is CC(=O)c1c(C#N)cc(F)cc1[N+](=O)[O-]. The highest BCUT2D eigenvalue weighted by Gasteiger charge is 2.23. The van der Waals surface area contributed by atoms with Crippen molar-refractivity contribution in [2.24, 2.45) is 0 Å². The van der Waals surface area contributed by atoms with E-state index in [1.807, 2.05) is 0 Å². The summed E-state index contributed by atoms with van der Waals surface area (Å²) in [5.74, 6) is -1.55. The molecular formula is C9H5FN2O3. The van der Waals surface area contributed by atoms with E-state index in [-0.39, 0.29) is 11.1 Å².